The first-order chi connectivity index (χ1) is 12.3. The van der Waals surface area contributed by atoms with Crippen molar-refractivity contribution in [1.82, 2.24) is 14.9 Å². The maximum atomic E-state index is 12.5. The molecule has 3 N–H and O–H groups in total. The highest BCUT2D eigenvalue weighted by atomic mass is 35.5. The van der Waals surface area contributed by atoms with Crippen LogP contribution in [0.3, 0.4) is 0 Å². The first kappa shape index (κ1) is 18.5. The zero-order chi connectivity index (χ0) is 18.8. The van der Waals surface area contributed by atoms with Gasteiger partial charge in [-0.25, -0.2) is 4.79 Å². The molecule has 8 heteroatoms. The van der Waals surface area contributed by atoms with Crippen molar-refractivity contribution in [3.8, 4) is 0 Å². The summed E-state index contributed by atoms with van der Waals surface area (Å²) in [6.45, 7) is 2.37. The molecule has 0 fully saturated rings. The number of halogens is 2. The molecule has 1 aromatic heterocycles. The minimum Gasteiger partial charge on any atom is -0.325 e. The van der Waals surface area contributed by atoms with Gasteiger partial charge >= 0.3 is 5.69 Å². The molecule has 0 saturated carbocycles. The molecule has 1 amide bonds. The number of nitrogens with one attached hydrogen (secondary N) is 3. The van der Waals surface area contributed by atoms with E-state index < -0.39 is 0 Å². The smallest absolute Gasteiger partial charge is 0.323 e. The van der Waals surface area contributed by atoms with E-state index in [4.69, 9.17) is 23.2 Å². The highest BCUT2D eigenvalue weighted by Crippen LogP contribution is 2.23. The zero-order valence-electron chi connectivity index (χ0n) is 14.3. The number of aromatic nitrogens is 2. The maximum Gasteiger partial charge on any atom is 0.323 e. The van der Waals surface area contributed by atoms with E-state index in [0.29, 0.717) is 33.3 Å². The SMILES string of the molecule is C[C@@H](C(=O)Nc1ccc2[nH]c(=O)[nH]c2c1)N(C)Cc1ccc(Cl)c(Cl)c1. The molecule has 3 aromatic rings. The first-order valence-corrected chi connectivity index (χ1v) is 8.76. The third-order valence-electron chi connectivity index (χ3n) is 4.24. The second kappa shape index (κ2) is 7.53. The van der Waals surface area contributed by atoms with Crippen molar-refractivity contribution in [2.45, 2.75) is 19.5 Å². The molecule has 0 radical (unpaired) electrons. The third-order valence-corrected chi connectivity index (χ3v) is 4.98. The Bertz CT molecular complexity index is 1010. The Morgan fingerprint density at radius 3 is 2.58 bits per heavy atom. The van der Waals surface area contributed by atoms with Crippen LogP contribution in [0.25, 0.3) is 11.0 Å². The summed E-state index contributed by atoms with van der Waals surface area (Å²) in [6.07, 6.45) is 0. The molecule has 3 rings (SSSR count). The first-order valence-electron chi connectivity index (χ1n) is 8.00. The van der Waals surface area contributed by atoms with Gasteiger partial charge in [0.2, 0.25) is 5.91 Å². The van der Waals surface area contributed by atoms with Crippen LogP contribution in [0.4, 0.5) is 5.69 Å². The fraction of sp³-hybridized carbons (Fsp3) is 0.222. The lowest BCUT2D eigenvalue weighted by molar-refractivity contribution is -0.120. The summed E-state index contributed by atoms with van der Waals surface area (Å²) in [7, 11) is 1.86. The van der Waals surface area contributed by atoms with E-state index >= 15 is 0 Å². The topological polar surface area (TPSA) is 81.0 Å². The molecule has 6 nitrogen and oxygen atoms in total. The molecule has 1 atom stereocenters. The van der Waals surface area contributed by atoms with Gasteiger partial charge in [0.05, 0.1) is 27.1 Å². The summed E-state index contributed by atoms with van der Waals surface area (Å²) >= 11 is 12.0. The predicted molar refractivity (Wildman–Crippen MR) is 105 cm³/mol. The van der Waals surface area contributed by atoms with Crippen LogP contribution in [-0.4, -0.2) is 33.9 Å². The number of nitrogens with zero attached hydrogens (tertiary/aromatic N) is 1. The summed E-state index contributed by atoms with van der Waals surface area (Å²) in [6, 6.07) is 10.3. The molecule has 0 saturated heterocycles. The van der Waals surface area contributed by atoms with E-state index in [-0.39, 0.29) is 17.6 Å². The quantitative estimate of drug-likeness (QED) is 0.619. The van der Waals surface area contributed by atoms with Crippen LogP contribution in [-0.2, 0) is 11.3 Å². The Labute approximate surface area is 160 Å². The standard InChI is InChI=1S/C18H18Cl2N4O2/c1-10(24(2)9-11-3-5-13(19)14(20)7-11)17(25)21-12-4-6-15-16(8-12)23-18(26)22-15/h3-8,10H,9H2,1-2H3,(H,21,25)(H2,22,23,26)/t10-/m0/s1. The van der Waals surface area contributed by atoms with Gasteiger partial charge < -0.3 is 15.3 Å². The predicted octanol–water partition coefficient (Wildman–Crippen LogP) is 3.62. The van der Waals surface area contributed by atoms with Crippen molar-refractivity contribution in [2.24, 2.45) is 0 Å². The lowest BCUT2D eigenvalue weighted by Gasteiger charge is -2.24. The van der Waals surface area contributed by atoms with Crippen molar-refractivity contribution in [2.75, 3.05) is 12.4 Å². The molecule has 0 aliphatic rings. The Kier molecular flexibility index (Phi) is 5.36. The molecule has 136 valence electrons. The van der Waals surface area contributed by atoms with Crippen LogP contribution in [0.2, 0.25) is 10.0 Å². The number of benzene rings is 2. The number of aromatic amines is 2. The van der Waals surface area contributed by atoms with E-state index in [0.717, 1.165) is 5.56 Å². The number of imidazole rings is 1. The van der Waals surface area contributed by atoms with Crippen LogP contribution in [0.1, 0.15) is 12.5 Å². The normalized spacial score (nSPS) is 12.5. The molecule has 1 heterocycles. The van der Waals surface area contributed by atoms with E-state index in [1.54, 1.807) is 30.3 Å². The highest BCUT2D eigenvalue weighted by Gasteiger charge is 2.19. The lowest BCUT2D eigenvalue weighted by Crippen LogP contribution is -2.39. The molecule has 0 aliphatic heterocycles. The number of amides is 1. The number of hydrogen-bond acceptors (Lipinski definition) is 3. The molecule has 0 unspecified atom stereocenters. The number of anilines is 1. The summed E-state index contributed by atoms with van der Waals surface area (Å²) in [4.78, 5) is 31.1. The average molecular weight is 393 g/mol. The van der Waals surface area contributed by atoms with E-state index in [2.05, 4.69) is 15.3 Å². The number of H-pyrrole nitrogens is 2. The number of hydrogen-bond donors (Lipinski definition) is 3. The average Bonchev–Trinajstić information content (AvgIpc) is 2.96. The molecule has 2 aromatic carbocycles. The monoisotopic (exact) mass is 392 g/mol. The van der Waals surface area contributed by atoms with Gasteiger partial charge in [0.1, 0.15) is 0 Å². The molecule has 0 bridgehead atoms. The van der Waals surface area contributed by atoms with Crippen molar-refractivity contribution >= 4 is 45.8 Å². The van der Waals surface area contributed by atoms with Crippen molar-refractivity contribution < 1.29 is 4.79 Å². The Balaban J connectivity index is 1.67. The molecular formula is C18H18Cl2N4O2. The number of carbonyl (C=O) groups is 1. The molecule has 0 spiro atoms. The largest absolute Gasteiger partial charge is 0.325 e. The van der Waals surface area contributed by atoms with Crippen molar-refractivity contribution in [3.05, 3.63) is 62.5 Å². The minimum absolute atomic E-state index is 0.148. The number of likely N-dealkylation sites (N-methyl/N-ethyl adjacent to an activating group) is 1. The van der Waals surface area contributed by atoms with E-state index in [9.17, 15) is 9.59 Å². The Hall–Kier alpha value is -2.28. The van der Waals surface area contributed by atoms with Crippen LogP contribution in [0.5, 0.6) is 0 Å². The van der Waals surface area contributed by atoms with Crippen LogP contribution in [0, 0.1) is 0 Å². The highest BCUT2D eigenvalue weighted by molar-refractivity contribution is 6.42. The zero-order valence-corrected chi connectivity index (χ0v) is 15.8. The van der Waals surface area contributed by atoms with Gasteiger partial charge in [-0.05, 0) is 49.9 Å². The van der Waals surface area contributed by atoms with E-state index in [1.165, 1.54) is 0 Å². The Morgan fingerprint density at radius 2 is 1.85 bits per heavy atom. The van der Waals surface area contributed by atoms with Crippen molar-refractivity contribution in [1.29, 1.82) is 0 Å². The maximum absolute atomic E-state index is 12.5. The summed E-state index contributed by atoms with van der Waals surface area (Å²) in [5.74, 6) is -0.148. The lowest BCUT2D eigenvalue weighted by atomic mass is 10.2. The summed E-state index contributed by atoms with van der Waals surface area (Å²) in [5, 5.41) is 3.86. The molecule has 0 aliphatic carbocycles. The Morgan fingerprint density at radius 1 is 1.12 bits per heavy atom. The van der Waals surface area contributed by atoms with Crippen LogP contribution < -0.4 is 11.0 Å². The van der Waals surface area contributed by atoms with Gasteiger partial charge in [0.15, 0.2) is 0 Å². The summed E-state index contributed by atoms with van der Waals surface area (Å²) in [5.41, 5.74) is 2.64. The number of rotatable bonds is 5. The van der Waals surface area contributed by atoms with Gasteiger partial charge in [-0.2, -0.15) is 0 Å². The van der Waals surface area contributed by atoms with Gasteiger partial charge in [-0.3, -0.25) is 9.69 Å². The van der Waals surface area contributed by atoms with Crippen LogP contribution >= 0.6 is 23.2 Å². The second-order valence-corrected chi connectivity index (χ2v) is 6.98. The molecular weight excluding hydrogens is 375 g/mol. The molecule has 26 heavy (non-hydrogen) atoms. The van der Waals surface area contributed by atoms with Gasteiger partial charge in [0, 0.05) is 12.2 Å². The van der Waals surface area contributed by atoms with Gasteiger partial charge in [-0.1, -0.05) is 29.3 Å². The number of fused-ring (bicyclic) bond motifs is 1. The third kappa shape index (κ3) is 4.09. The van der Waals surface area contributed by atoms with Gasteiger partial charge in [0.25, 0.3) is 0 Å². The van der Waals surface area contributed by atoms with Crippen LogP contribution in [0.15, 0.2) is 41.2 Å². The fourth-order valence-corrected chi connectivity index (χ4v) is 2.94. The minimum atomic E-state index is -0.370. The second-order valence-electron chi connectivity index (χ2n) is 6.17. The summed E-state index contributed by atoms with van der Waals surface area (Å²) < 4.78 is 0. The van der Waals surface area contributed by atoms with Crippen molar-refractivity contribution in [3.63, 3.8) is 0 Å². The van der Waals surface area contributed by atoms with E-state index in [1.807, 2.05) is 24.9 Å². The fourth-order valence-electron chi connectivity index (χ4n) is 2.62. The number of carbonyl (C=O) groups excluding carboxylic acids is 1. The van der Waals surface area contributed by atoms with Gasteiger partial charge in [-0.15, -0.1) is 0 Å².